The van der Waals surface area contributed by atoms with Crippen molar-refractivity contribution >= 4 is 11.3 Å². The maximum Gasteiger partial charge on any atom is 0.138 e. The zero-order valence-electron chi connectivity index (χ0n) is 11.6. The number of nitrogens with one attached hydrogen (secondary N) is 1. The van der Waals surface area contributed by atoms with Gasteiger partial charge in [-0.25, -0.2) is 4.98 Å². The van der Waals surface area contributed by atoms with Crippen LogP contribution in [-0.2, 0) is 13.5 Å². The summed E-state index contributed by atoms with van der Waals surface area (Å²) < 4.78 is 7.24. The molecule has 104 valence electrons. The molecule has 6 heteroatoms. The molecule has 1 atom stereocenters. The van der Waals surface area contributed by atoms with Crippen molar-refractivity contribution in [3.05, 3.63) is 28.5 Å². The van der Waals surface area contributed by atoms with Crippen molar-refractivity contribution in [2.45, 2.75) is 25.8 Å². The number of thiophene rings is 1. The van der Waals surface area contributed by atoms with E-state index in [1.54, 1.807) is 24.8 Å². The topological polar surface area (TPSA) is 52.0 Å². The van der Waals surface area contributed by atoms with E-state index in [-0.39, 0.29) is 6.04 Å². The van der Waals surface area contributed by atoms with Crippen molar-refractivity contribution < 1.29 is 4.74 Å². The Kier molecular flexibility index (Phi) is 4.93. The highest BCUT2D eigenvalue weighted by Gasteiger charge is 2.19. The highest BCUT2D eigenvalue weighted by Crippen LogP contribution is 2.32. The van der Waals surface area contributed by atoms with Gasteiger partial charge in [-0.2, -0.15) is 5.10 Å². The summed E-state index contributed by atoms with van der Waals surface area (Å²) in [5, 5.41) is 9.75. The number of hydrogen-bond acceptors (Lipinski definition) is 5. The lowest BCUT2D eigenvalue weighted by Gasteiger charge is -2.18. The van der Waals surface area contributed by atoms with Crippen LogP contribution in [0.5, 0.6) is 5.75 Å². The summed E-state index contributed by atoms with van der Waals surface area (Å²) in [6.07, 6.45) is 3.51. The van der Waals surface area contributed by atoms with Crippen LogP contribution in [0.25, 0.3) is 0 Å². The summed E-state index contributed by atoms with van der Waals surface area (Å²) in [5.41, 5.74) is 0. The van der Waals surface area contributed by atoms with Crippen LogP contribution in [0.1, 0.15) is 30.1 Å². The van der Waals surface area contributed by atoms with Gasteiger partial charge in [-0.05, 0) is 24.4 Å². The van der Waals surface area contributed by atoms with Crippen LogP contribution in [0.2, 0.25) is 0 Å². The van der Waals surface area contributed by atoms with Gasteiger partial charge in [0, 0.05) is 13.5 Å². The first kappa shape index (κ1) is 14.0. The van der Waals surface area contributed by atoms with Crippen molar-refractivity contribution in [2.24, 2.45) is 7.05 Å². The minimum atomic E-state index is 0.220. The number of ether oxygens (including phenoxy) is 1. The molecular formula is C13H20N4OS. The summed E-state index contributed by atoms with van der Waals surface area (Å²) in [5.74, 6) is 1.92. The lowest BCUT2D eigenvalue weighted by atomic mass is 10.1. The predicted molar refractivity (Wildman–Crippen MR) is 76.6 cm³/mol. The molecule has 0 aromatic carbocycles. The van der Waals surface area contributed by atoms with Crippen LogP contribution in [0, 0.1) is 0 Å². The van der Waals surface area contributed by atoms with Crippen molar-refractivity contribution in [3.63, 3.8) is 0 Å². The molecule has 1 N–H and O–H groups in total. The summed E-state index contributed by atoms with van der Waals surface area (Å²) >= 11 is 1.72. The Balaban J connectivity index is 2.18. The summed E-state index contributed by atoms with van der Waals surface area (Å²) in [6, 6.07) is 2.23. The van der Waals surface area contributed by atoms with Crippen LogP contribution in [0.4, 0.5) is 0 Å². The predicted octanol–water partition coefficient (Wildman–Crippen LogP) is 2.17. The largest absolute Gasteiger partial charge is 0.496 e. The quantitative estimate of drug-likeness (QED) is 0.844. The molecule has 0 aliphatic carbocycles. The standard InChI is InChI=1S/C13H20N4OS/c1-4-6-14-10(8-12-15-9-16-17(12)2)13-11(18-3)5-7-19-13/h5,7,9-10,14H,4,6,8H2,1-3H3. The fourth-order valence-electron chi connectivity index (χ4n) is 2.00. The van der Waals surface area contributed by atoms with E-state index in [0.29, 0.717) is 0 Å². The first-order chi connectivity index (χ1) is 9.26. The Hall–Kier alpha value is -1.40. The van der Waals surface area contributed by atoms with Gasteiger partial charge in [0.2, 0.25) is 0 Å². The highest BCUT2D eigenvalue weighted by atomic mass is 32.1. The molecular weight excluding hydrogens is 260 g/mol. The number of aromatic nitrogens is 3. The number of hydrogen-bond donors (Lipinski definition) is 1. The smallest absolute Gasteiger partial charge is 0.138 e. The van der Waals surface area contributed by atoms with Gasteiger partial charge >= 0.3 is 0 Å². The Morgan fingerprint density at radius 3 is 3.00 bits per heavy atom. The van der Waals surface area contributed by atoms with Gasteiger partial charge in [0.15, 0.2) is 0 Å². The molecule has 0 radical (unpaired) electrons. The summed E-state index contributed by atoms with van der Waals surface area (Å²) in [4.78, 5) is 5.53. The second kappa shape index (κ2) is 6.68. The number of rotatable bonds is 7. The summed E-state index contributed by atoms with van der Waals surface area (Å²) in [7, 11) is 3.63. The number of methoxy groups -OCH3 is 1. The van der Waals surface area contributed by atoms with Gasteiger partial charge in [0.25, 0.3) is 0 Å². The van der Waals surface area contributed by atoms with Crippen molar-refractivity contribution in [1.29, 1.82) is 0 Å². The molecule has 0 amide bonds. The average Bonchev–Trinajstić information content (AvgIpc) is 3.03. The fraction of sp³-hybridized carbons (Fsp3) is 0.538. The monoisotopic (exact) mass is 280 g/mol. The Morgan fingerprint density at radius 1 is 1.53 bits per heavy atom. The lowest BCUT2D eigenvalue weighted by molar-refractivity contribution is 0.401. The zero-order valence-corrected chi connectivity index (χ0v) is 12.4. The molecule has 0 aliphatic heterocycles. The van der Waals surface area contributed by atoms with Crippen molar-refractivity contribution in [3.8, 4) is 5.75 Å². The van der Waals surface area contributed by atoms with E-state index in [2.05, 4.69) is 27.7 Å². The lowest BCUT2D eigenvalue weighted by Crippen LogP contribution is -2.25. The Morgan fingerprint density at radius 2 is 2.37 bits per heavy atom. The molecule has 0 bridgehead atoms. The Labute approximate surface area is 117 Å². The SMILES string of the molecule is CCCNC(Cc1ncnn1C)c1sccc1OC. The average molecular weight is 280 g/mol. The van der Waals surface area contributed by atoms with Crippen LogP contribution < -0.4 is 10.1 Å². The second-order valence-corrected chi connectivity index (χ2v) is 5.31. The van der Waals surface area contributed by atoms with Gasteiger partial charge in [-0.15, -0.1) is 11.3 Å². The van der Waals surface area contributed by atoms with Gasteiger partial charge < -0.3 is 10.1 Å². The fourth-order valence-corrected chi connectivity index (χ4v) is 2.93. The first-order valence-corrected chi connectivity index (χ1v) is 7.31. The van der Waals surface area contributed by atoms with Crippen LogP contribution in [0.15, 0.2) is 17.8 Å². The molecule has 2 aromatic heterocycles. The first-order valence-electron chi connectivity index (χ1n) is 6.43. The van der Waals surface area contributed by atoms with Gasteiger partial charge in [0.1, 0.15) is 17.9 Å². The van der Waals surface area contributed by atoms with E-state index in [1.165, 1.54) is 4.88 Å². The third-order valence-corrected chi connectivity index (χ3v) is 4.04. The minimum absolute atomic E-state index is 0.220. The zero-order chi connectivity index (χ0) is 13.7. The molecule has 2 rings (SSSR count). The van der Waals surface area contributed by atoms with Crippen molar-refractivity contribution in [1.82, 2.24) is 20.1 Å². The number of aryl methyl sites for hydroxylation is 1. The minimum Gasteiger partial charge on any atom is -0.496 e. The third kappa shape index (κ3) is 3.33. The molecule has 0 fully saturated rings. The molecule has 2 heterocycles. The molecule has 5 nitrogen and oxygen atoms in total. The second-order valence-electron chi connectivity index (χ2n) is 4.36. The molecule has 0 saturated heterocycles. The third-order valence-electron chi connectivity index (χ3n) is 3.03. The molecule has 0 spiro atoms. The molecule has 2 aromatic rings. The van der Waals surface area contributed by atoms with Crippen molar-refractivity contribution in [2.75, 3.05) is 13.7 Å². The maximum absolute atomic E-state index is 5.42. The van der Waals surface area contributed by atoms with Crippen LogP contribution in [0.3, 0.4) is 0 Å². The molecule has 1 unspecified atom stereocenters. The van der Waals surface area contributed by atoms with E-state index in [4.69, 9.17) is 4.74 Å². The Bertz CT molecular complexity index is 508. The number of nitrogens with zero attached hydrogens (tertiary/aromatic N) is 3. The highest BCUT2D eigenvalue weighted by molar-refractivity contribution is 7.10. The maximum atomic E-state index is 5.42. The van der Waals surface area contributed by atoms with Gasteiger partial charge in [0.05, 0.1) is 18.0 Å². The van der Waals surface area contributed by atoms with E-state index in [1.807, 2.05) is 17.8 Å². The van der Waals surface area contributed by atoms with E-state index in [9.17, 15) is 0 Å². The van der Waals surface area contributed by atoms with E-state index in [0.717, 1.165) is 31.0 Å². The van der Waals surface area contributed by atoms with Gasteiger partial charge in [-0.1, -0.05) is 6.92 Å². The summed E-state index contributed by atoms with van der Waals surface area (Å²) in [6.45, 7) is 3.14. The molecule has 19 heavy (non-hydrogen) atoms. The van der Waals surface area contributed by atoms with E-state index >= 15 is 0 Å². The molecule has 0 saturated carbocycles. The van der Waals surface area contributed by atoms with Crippen LogP contribution >= 0.6 is 11.3 Å². The van der Waals surface area contributed by atoms with Gasteiger partial charge in [-0.3, -0.25) is 4.68 Å². The normalized spacial score (nSPS) is 12.6. The molecule has 0 aliphatic rings. The van der Waals surface area contributed by atoms with E-state index < -0.39 is 0 Å². The van der Waals surface area contributed by atoms with Crippen LogP contribution in [-0.4, -0.2) is 28.4 Å².